The van der Waals surface area contributed by atoms with Crippen molar-refractivity contribution in [1.82, 2.24) is 4.47 Å². The van der Waals surface area contributed by atoms with Crippen molar-refractivity contribution in [2.45, 2.75) is 4.90 Å². The standard InChI is InChI=1S/C11H11BrN2O5S/c1-14(18-2)20(16,17)8-3-4-10(12)9(7-8)11(15)19-6-5-13/h3-4,7H,6H2,1-2H3. The number of esters is 1. The summed E-state index contributed by atoms with van der Waals surface area (Å²) in [5.74, 6) is -0.796. The van der Waals surface area contributed by atoms with Crippen LogP contribution in [0.1, 0.15) is 10.4 Å². The van der Waals surface area contributed by atoms with Gasteiger partial charge in [0.25, 0.3) is 10.0 Å². The molecule has 0 amide bonds. The molecule has 108 valence electrons. The van der Waals surface area contributed by atoms with Crippen LogP contribution in [-0.4, -0.2) is 39.6 Å². The van der Waals surface area contributed by atoms with Crippen molar-refractivity contribution in [3.8, 4) is 6.07 Å². The van der Waals surface area contributed by atoms with Crippen LogP contribution in [0.3, 0.4) is 0 Å². The molecule has 7 nitrogen and oxygen atoms in total. The molecule has 0 fully saturated rings. The number of hydrogen-bond donors (Lipinski definition) is 0. The van der Waals surface area contributed by atoms with Crippen molar-refractivity contribution in [2.75, 3.05) is 20.8 Å². The predicted molar refractivity (Wildman–Crippen MR) is 72.0 cm³/mol. The number of nitrogens with zero attached hydrogens (tertiary/aromatic N) is 2. The Bertz CT molecular complexity index is 653. The third-order valence-corrected chi connectivity index (χ3v) is 4.69. The van der Waals surface area contributed by atoms with Gasteiger partial charge in [0.2, 0.25) is 0 Å². The predicted octanol–water partition coefficient (Wildman–Crippen LogP) is 1.31. The lowest BCUT2D eigenvalue weighted by molar-refractivity contribution is -0.0258. The van der Waals surface area contributed by atoms with Gasteiger partial charge in [0.1, 0.15) is 6.07 Å². The molecule has 0 aliphatic heterocycles. The molecule has 0 bridgehead atoms. The summed E-state index contributed by atoms with van der Waals surface area (Å²) in [6.45, 7) is -0.416. The van der Waals surface area contributed by atoms with Crippen molar-refractivity contribution in [3.05, 3.63) is 28.2 Å². The first-order valence-corrected chi connectivity index (χ1v) is 7.44. The first-order chi connectivity index (χ1) is 9.34. The van der Waals surface area contributed by atoms with Crippen LogP contribution in [-0.2, 0) is 19.6 Å². The number of nitriles is 1. The van der Waals surface area contributed by atoms with Crippen LogP contribution in [0.25, 0.3) is 0 Å². The molecule has 0 heterocycles. The monoisotopic (exact) mass is 362 g/mol. The normalized spacial score (nSPS) is 11.2. The average molecular weight is 363 g/mol. The van der Waals surface area contributed by atoms with E-state index in [1.807, 2.05) is 0 Å². The van der Waals surface area contributed by atoms with E-state index in [0.717, 1.165) is 6.07 Å². The van der Waals surface area contributed by atoms with Gasteiger partial charge in [-0.25, -0.2) is 13.2 Å². The Morgan fingerprint density at radius 2 is 2.15 bits per heavy atom. The fraction of sp³-hybridized carbons (Fsp3) is 0.273. The molecule has 0 aromatic heterocycles. The molecule has 0 aliphatic carbocycles. The van der Waals surface area contributed by atoms with E-state index in [9.17, 15) is 13.2 Å². The van der Waals surface area contributed by atoms with E-state index in [0.29, 0.717) is 8.94 Å². The topological polar surface area (TPSA) is 96.7 Å². The molecule has 20 heavy (non-hydrogen) atoms. The quantitative estimate of drug-likeness (QED) is 0.578. The number of carbonyl (C=O) groups is 1. The first kappa shape index (κ1) is 16.6. The first-order valence-electron chi connectivity index (χ1n) is 5.21. The second kappa shape index (κ2) is 6.81. The number of ether oxygens (including phenoxy) is 1. The molecular weight excluding hydrogens is 352 g/mol. The molecule has 0 aliphatic rings. The zero-order valence-electron chi connectivity index (χ0n) is 10.7. The third-order valence-electron chi connectivity index (χ3n) is 2.32. The lowest BCUT2D eigenvalue weighted by Crippen LogP contribution is -2.26. The maximum Gasteiger partial charge on any atom is 0.340 e. The SMILES string of the molecule is CON(C)S(=O)(=O)c1ccc(Br)c(C(=O)OCC#N)c1. The number of carbonyl (C=O) groups excluding carboxylic acids is 1. The van der Waals surface area contributed by atoms with Crippen LogP contribution >= 0.6 is 15.9 Å². The Labute approximate surface area is 124 Å². The largest absolute Gasteiger partial charge is 0.447 e. The second-order valence-electron chi connectivity index (χ2n) is 3.47. The number of benzene rings is 1. The van der Waals surface area contributed by atoms with Crippen LogP contribution in [0.4, 0.5) is 0 Å². The van der Waals surface area contributed by atoms with E-state index >= 15 is 0 Å². The fourth-order valence-electron chi connectivity index (χ4n) is 1.24. The minimum atomic E-state index is -3.86. The number of halogens is 1. The summed E-state index contributed by atoms with van der Waals surface area (Å²) in [5, 5.41) is 8.36. The maximum absolute atomic E-state index is 12.0. The van der Waals surface area contributed by atoms with Gasteiger partial charge >= 0.3 is 5.97 Å². The molecule has 1 rings (SSSR count). The van der Waals surface area contributed by atoms with Crippen molar-refractivity contribution in [1.29, 1.82) is 5.26 Å². The summed E-state index contributed by atoms with van der Waals surface area (Å²) in [4.78, 5) is 16.2. The molecule has 0 unspecified atom stereocenters. The van der Waals surface area contributed by atoms with E-state index in [1.165, 1.54) is 26.3 Å². The van der Waals surface area contributed by atoms with Crippen molar-refractivity contribution in [3.63, 3.8) is 0 Å². The van der Waals surface area contributed by atoms with Crippen molar-refractivity contribution >= 4 is 31.9 Å². The highest BCUT2D eigenvalue weighted by Crippen LogP contribution is 2.23. The molecule has 1 aromatic rings. The number of hydrogen-bond acceptors (Lipinski definition) is 6. The summed E-state index contributed by atoms with van der Waals surface area (Å²) < 4.78 is 29.8. The van der Waals surface area contributed by atoms with Crippen LogP contribution in [0.2, 0.25) is 0 Å². The molecular formula is C11H11BrN2O5S. The van der Waals surface area contributed by atoms with Gasteiger partial charge in [-0.05, 0) is 34.1 Å². The summed E-state index contributed by atoms with van der Waals surface area (Å²) >= 11 is 3.12. The van der Waals surface area contributed by atoms with E-state index in [-0.39, 0.29) is 10.5 Å². The molecule has 9 heteroatoms. The Hall–Kier alpha value is -1.47. The second-order valence-corrected chi connectivity index (χ2v) is 6.26. The Balaban J connectivity index is 3.22. The number of rotatable bonds is 5. The minimum Gasteiger partial charge on any atom is -0.447 e. The van der Waals surface area contributed by atoms with E-state index in [1.54, 1.807) is 6.07 Å². The zero-order chi connectivity index (χ0) is 15.3. The van der Waals surface area contributed by atoms with Crippen LogP contribution in [0.5, 0.6) is 0 Å². The molecule has 0 spiro atoms. The van der Waals surface area contributed by atoms with Gasteiger partial charge in [0.05, 0.1) is 17.6 Å². The Kier molecular flexibility index (Phi) is 5.64. The highest BCUT2D eigenvalue weighted by molar-refractivity contribution is 9.10. The Morgan fingerprint density at radius 3 is 2.70 bits per heavy atom. The maximum atomic E-state index is 12.0. The smallest absolute Gasteiger partial charge is 0.340 e. The van der Waals surface area contributed by atoms with Gasteiger partial charge in [-0.2, -0.15) is 5.26 Å². The summed E-state index contributed by atoms with van der Waals surface area (Å²) in [6.07, 6.45) is 0. The molecule has 0 radical (unpaired) electrons. The lowest BCUT2D eigenvalue weighted by atomic mass is 10.2. The zero-order valence-corrected chi connectivity index (χ0v) is 13.1. The minimum absolute atomic E-state index is 0.00540. The highest BCUT2D eigenvalue weighted by atomic mass is 79.9. The van der Waals surface area contributed by atoms with Gasteiger partial charge < -0.3 is 4.74 Å². The van der Waals surface area contributed by atoms with E-state index in [4.69, 9.17) is 5.26 Å². The number of sulfonamides is 1. The average Bonchev–Trinajstić information content (AvgIpc) is 2.43. The Morgan fingerprint density at radius 1 is 1.50 bits per heavy atom. The summed E-state index contributed by atoms with van der Waals surface area (Å²) in [6, 6.07) is 5.52. The van der Waals surface area contributed by atoms with Gasteiger partial charge in [-0.15, -0.1) is 0 Å². The van der Waals surface area contributed by atoms with Crippen molar-refractivity contribution < 1.29 is 22.8 Å². The van der Waals surface area contributed by atoms with Crippen molar-refractivity contribution in [2.24, 2.45) is 0 Å². The number of hydroxylamine groups is 1. The molecule has 0 saturated carbocycles. The van der Waals surface area contributed by atoms with Crippen LogP contribution < -0.4 is 0 Å². The summed E-state index contributed by atoms with van der Waals surface area (Å²) in [5.41, 5.74) is 0.00540. The lowest BCUT2D eigenvalue weighted by Gasteiger charge is -2.15. The molecule has 0 atom stereocenters. The van der Waals surface area contributed by atoms with Crippen LogP contribution in [0.15, 0.2) is 27.6 Å². The summed E-state index contributed by atoms with van der Waals surface area (Å²) in [7, 11) is -1.43. The molecule has 1 aromatic carbocycles. The van der Waals surface area contributed by atoms with Gasteiger partial charge in [0.15, 0.2) is 6.61 Å². The van der Waals surface area contributed by atoms with Gasteiger partial charge in [0, 0.05) is 11.5 Å². The molecule has 0 N–H and O–H groups in total. The van der Waals surface area contributed by atoms with Gasteiger partial charge in [-0.1, -0.05) is 4.47 Å². The molecule has 0 saturated heterocycles. The van der Waals surface area contributed by atoms with Gasteiger partial charge in [-0.3, -0.25) is 4.84 Å². The van der Waals surface area contributed by atoms with E-state index in [2.05, 4.69) is 25.5 Å². The van der Waals surface area contributed by atoms with Crippen LogP contribution in [0, 0.1) is 11.3 Å². The fourth-order valence-corrected chi connectivity index (χ4v) is 2.65. The third kappa shape index (κ3) is 3.55. The van der Waals surface area contributed by atoms with E-state index < -0.39 is 22.6 Å². The highest BCUT2D eigenvalue weighted by Gasteiger charge is 2.23.